The Hall–Kier alpha value is -2.08. The summed E-state index contributed by atoms with van der Waals surface area (Å²) in [6, 6.07) is 6.46. The molecule has 0 aromatic heterocycles. The molecule has 0 unspecified atom stereocenters. The van der Waals surface area contributed by atoms with E-state index < -0.39 is 6.04 Å². The van der Waals surface area contributed by atoms with Gasteiger partial charge >= 0.3 is 5.97 Å². The number of nitrogens with one attached hydrogen (secondary N) is 1. The van der Waals surface area contributed by atoms with Crippen molar-refractivity contribution >= 4 is 17.6 Å². The molecule has 26 heavy (non-hydrogen) atoms. The first-order chi connectivity index (χ1) is 12.6. The van der Waals surface area contributed by atoms with Crippen LogP contribution in [0, 0.1) is 0 Å². The summed E-state index contributed by atoms with van der Waals surface area (Å²) in [4.78, 5) is 23.1. The van der Waals surface area contributed by atoms with Crippen molar-refractivity contribution in [3.63, 3.8) is 0 Å². The van der Waals surface area contributed by atoms with Crippen LogP contribution in [-0.2, 0) is 14.3 Å². The summed E-state index contributed by atoms with van der Waals surface area (Å²) in [6.45, 7) is 2.92. The van der Waals surface area contributed by atoms with Crippen LogP contribution in [0.2, 0.25) is 0 Å². The summed E-state index contributed by atoms with van der Waals surface area (Å²) < 4.78 is 10.2. The first-order valence-electron chi connectivity index (χ1n) is 9.43. The van der Waals surface area contributed by atoms with Crippen LogP contribution in [0.25, 0.3) is 0 Å². The number of ether oxygens (including phenoxy) is 2. The van der Waals surface area contributed by atoms with E-state index in [9.17, 15) is 9.59 Å². The standard InChI is InChI=1S/C20H32N2O4/c1-3-4-5-6-7-8-15-26-17-11-9-16(10-12-17)22-20(24)18(21)13-14-19(23)25-2/h9-12,18H,3-8,13-15,21H2,1-2H3,(H,22,24)/t18-/m0/s1. The molecule has 0 aliphatic heterocycles. The maximum Gasteiger partial charge on any atom is 0.305 e. The van der Waals surface area contributed by atoms with Gasteiger partial charge in [-0.05, 0) is 37.1 Å². The number of unbranched alkanes of at least 4 members (excludes halogenated alkanes) is 5. The second kappa shape index (κ2) is 13.2. The molecule has 0 saturated heterocycles. The van der Waals surface area contributed by atoms with E-state index in [0.717, 1.165) is 12.2 Å². The average molecular weight is 364 g/mol. The van der Waals surface area contributed by atoms with Gasteiger partial charge in [0.05, 0.1) is 19.8 Å². The van der Waals surface area contributed by atoms with Crippen molar-refractivity contribution in [2.75, 3.05) is 19.0 Å². The molecule has 0 heterocycles. The molecule has 0 bridgehead atoms. The number of hydrogen-bond donors (Lipinski definition) is 2. The third kappa shape index (κ3) is 9.42. The lowest BCUT2D eigenvalue weighted by molar-refractivity contribution is -0.140. The molecule has 1 amide bonds. The lowest BCUT2D eigenvalue weighted by atomic mass is 10.1. The molecule has 0 aliphatic rings. The molecule has 1 aromatic rings. The average Bonchev–Trinajstić information content (AvgIpc) is 2.66. The molecule has 1 atom stereocenters. The minimum atomic E-state index is -0.752. The number of rotatable bonds is 13. The second-order valence-corrected chi connectivity index (χ2v) is 6.35. The molecule has 6 heteroatoms. The Labute approximate surface area is 156 Å². The molecule has 1 rings (SSSR count). The Balaban J connectivity index is 2.27. The van der Waals surface area contributed by atoms with Crippen LogP contribution in [0.1, 0.15) is 58.3 Å². The number of anilines is 1. The second-order valence-electron chi connectivity index (χ2n) is 6.35. The van der Waals surface area contributed by atoms with Gasteiger partial charge in [0.1, 0.15) is 5.75 Å². The Morgan fingerprint density at radius 2 is 1.73 bits per heavy atom. The quantitative estimate of drug-likeness (QED) is 0.412. The van der Waals surface area contributed by atoms with Gasteiger partial charge in [-0.25, -0.2) is 0 Å². The van der Waals surface area contributed by atoms with Crippen LogP contribution in [0.3, 0.4) is 0 Å². The molecule has 0 spiro atoms. The topological polar surface area (TPSA) is 90.6 Å². The summed E-state index contributed by atoms with van der Waals surface area (Å²) in [5, 5.41) is 2.73. The molecular weight excluding hydrogens is 332 g/mol. The lowest BCUT2D eigenvalue weighted by Crippen LogP contribution is -2.36. The number of hydrogen-bond acceptors (Lipinski definition) is 5. The minimum Gasteiger partial charge on any atom is -0.494 e. The van der Waals surface area contributed by atoms with Crippen molar-refractivity contribution < 1.29 is 19.1 Å². The number of carbonyl (C=O) groups is 2. The van der Waals surface area contributed by atoms with Crippen LogP contribution in [-0.4, -0.2) is 31.6 Å². The Kier molecular flexibility index (Phi) is 11.1. The Morgan fingerprint density at radius 3 is 2.38 bits per heavy atom. The van der Waals surface area contributed by atoms with Crippen LogP contribution in [0.4, 0.5) is 5.69 Å². The summed E-state index contributed by atoms with van der Waals surface area (Å²) >= 11 is 0. The van der Waals surface area contributed by atoms with Crippen molar-refractivity contribution in [3.05, 3.63) is 24.3 Å². The number of esters is 1. The van der Waals surface area contributed by atoms with Crippen molar-refractivity contribution in [2.24, 2.45) is 5.73 Å². The SMILES string of the molecule is CCCCCCCCOc1ccc(NC(=O)[C@@H](N)CCC(=O)OC)cc1. The molecule has 0 aliphatic carbocycles. The Bertz CT molecular complexity index is 531. The predicted molar refractivity (Wildman–Crippen MR) is 103 cm³/mol. The van der Waals surface area contributed by atoms with E-state index in [0.29, 0.717) is 12.3 Å². The maximum absolute atomic E-state index is 12.0. The van der Waals surface area contributed by atoms with Crippen LogP contribution in [0.5, 0.6) is 5.75 Å². The summed E-state index contributed by atoms with van der Waals surface area (Å²) in [5.41, 5.74) is 6.43. The first kappa shape index (κ1) is 22.0. The highest BCUT2D eigenvalue weighted by Gasteiger charge is 2.15. The van der Waals surface area contributed by atoms with Gasteiger partial charge in [0.2, 0.25) is 5.91 Å². The third-order valence-electron chi connectivity index (χ3n) is 4.11. The summed E-state index contributed by atoms with van der Waals surface area (Å²) in [7, 11) is 1.31. The maximum atomic E-state index is 12.0. The smallest absolute Gasteiger partial charge is 0.305 e. The molecule has 146 valence electrons. The number of methoxy groups -OCH3 is 1. The van der Waals surface area contributed by atoms with Gasteiger partial charge in [0.15, 0.2) is 0 Å². The first-order valence-corrected chi connectivity index (χ1v) is 9.43. The molecule has 0 fully saturated rings. The monoisotopic (exact) mass is 364 g/mol. The van der Waals surface area contributed by atoms with E-state index in [2.05, 4.69) is 17.0 Å². The number of amides is 1. The summed E-state index contributed by atoms with van der Waals surface area (Å²) in [5.74, 6) is 0.0845. The predicted octanol–water partition coefficient (Wildman–Crippen LogP) is 3.64. The van der Waals surface area contributed by atoms with E-state index in [4.69, 9.17) is 10.5 Å². The Morgan fingerprint density at radius 1 is 1.08 bits per heavy atom. The molecule has 3 N–H and O–H groups in total. The molecule has 1 aromatic carbocycles. The van der Waals surface area contributed by atoms with Crippen molar-refractivity contribution in [1.82, 2.24) is 0 Å². The zero-order valence-corrected chi connectivity index (χ0v) is 16.0. The van der Waals surface area contributed by atoms with E-state index in [1.165, 1.54) is 39.2 Å². The van der Waals surface area contributed by atoms with E-state index in [1.807, 2.05) is 12.1 Å². The number of carbonyl (C=O) groups excluding carboxylic acids is 2. The van der Waals surface area contributed by atoms with Gasteiger partial charge in [-0.1, -0.05) is 39.0 Å². The van der Waals surface area contributed by atoms with E-state index >= 15 is 0 Å². The molecule has 0 radical (unpaired) electrons. The normalized spacial score (nSPS) is 11.7. The summed E-state index contributed by atoms with van der Waals surface area (Å²) in [6.07, 6.45) is 7.74. The third-order valence-corrected chi connectivity index (χ3v) is 4.11. The minimum absolute atomic E-state index is 0.121. The van der Waals surface area contributed by atoms with Crippen molar-refractivity contribution in [2.45, 2.75) is 64.3 Å². The van der Waals surface area contributed by atoms with Gasteiger partial charge < -0.3 is 20.5 Å². The van der Waals surface area contributed by atoms with Gasteiger partial charge in [-0.15, -0.1) is 0 Å². The van der Waals surface area contributed by atoms with Gasteiger partial charge in [-0.3, -0.25) is 9.59 Å². The van der Waals surface area contributed by atoms with Crippen molar-refractivity contribution in [1.29, 1.82) is 0 Å². The fourth-order valence-corrected chi connectivity index (χ4v) is 2.45. The van der Waals surface area contributed by atoms with Crippen LogP contribution in [0.15, 0.2) is 24.3 Å². The highest BCUT2D eigenvalue weighted by Crippen LogP contribution is 2.17. The zero-order chi connectivity index (χ0) is 19.2. The molecular formula is C20H32N2O4. The van der Waals surface area contributed by atoms with Gasteiger partial charge in [0, 0.05) is 12.1 Å². The number of benzene rings is 1. The van der Waals surface area contributed by atoms with Gasteiger partial charge in [0.25, 0.3) is 0 Å². The fourth-order valence-electron chi connectivity index (χ4n) is 2.45. The highest BCUT2D eigenvalue weighted by atomic mass is 16.5. The zero-order valence-electron chi connectivity index (χ0n) is 16.0. The van der Waals surface area contributed by atoms with E-state index in [1.54, 1.807) is 12.1 Å². The van der Waals surface area contributed by atoms with Crippen LogP contribution >= 0.6 is 0 Å². The van der Waals surface area contributed by atoms with Gasteiger partial charge in [-0.2, -0.15) is 0 Å². The lowest BCUT2D eigenvalue weighted by Gasteiger charge is -2.12. The fraction of sp³-hybridized carbons (Fsp3) is 0.600. The van der Waals surface area contributed by atoms with E-state index in [-0.39, 0.29) is 24.7 Å². The number of nitrogens with two attached hydrogens (primary N) is 1. The van der Waals surface area contributed by atoms with Crippen LogP contribution < -0.4 is 15.8 Å². The molecule has 6 nitrogen and oxygen atoms in total. The largest absolute Gasteiger partial charge is 0.494 e. The van der Waals surface area contributed by atoms with Crippen molar-refractivity contribution in [3.8, 4) is 5.75 Å². The molecule has 0 saturated carbocycles. The highest BCUT2D eigenvalue weighted by molar-refractivity contribution is 5.94.